The molecule has 0 aliphatic carbocycles. The Bertz CT molecular complexity index is 700. The van der Waals surface area contributed by atoms with Gasteiger partial charge in [0, 0.05) is 16.8 Å². The molecule has 3 aromatic rings. The van der Waals surface area contributed by atoms with Crippen LogP contribution in [0.25, 0.3) is 0 Å². The summed E-state index contributed by atoms with van der Waals surface area (Å²) >= 11 is 1.68. The summed E-state index contributed by atoms with van der Waals surface area (Å²) in [6.45, 7) is 4.85. The van der Waals surface area contributed by atoms with Crippen molar-refractivity contribution in [3.8, 4) is 0 Å². The van der Waals surface area contributed by atoms with Gasteiger partial charge in [0.1, 0.15) is 0 Å². The van der Waals surface area contributed by atoms with Crippen LogP contribution in [0.5, 0.6) is 0 Å². The Balaban J connectivity index is 1.87. The fourth-order valence-electron chi connectivity index (χ4n) is 2.05. The number of hydrogen-bond donors (Lipinski definition) is 1. The van der Waals surface area contributed by atoms with E-state index in [0.717, 1.165) is 29.6 Å². The highest BCUT2D eigenvalue weighted by Gasteiger charge is 2.09. The predicted molar refractivity (Wildman–Crippen MR) is 82.6 cm³/mol. The third kappa shape index (κ3) is 2.72. The van der Waals surface area contributed by atoms with Gasteiger partial charge in [-0.05, 0) is 26.0 Å². The number of imidazole rings is 1. The van der Waals surface area contributed by atoms with Crippen LogP contribution in [0.2, 0.25) is 0 Å². The van der Waals surface area contributed by atoms with Gasteiger partial charge in [0.15, 0.2) is 0 Å². The highest BCUT2D eigenvalue weighted by molar-refractivity contribution is 7.09. The fourth-order valence-corrected chi connectivity index (χ4v) is 2.83. The van der Waals surface area contributed by atoms with Crippen molar-refractivity contribution in [2.24, 2.45) is 0 Å². The number of anilines is 2. The summed E-state index contributed by atoms with van der Waals surface area (Å²) in [6.07, 6.45) is 2.06. The molecule has 102 valence electrons. The van der Waals surface area contributed by atoms with Crippen molar-refractivity contribution in [1.29, 1.82) is 0 Å². The number of nitrogens with zero attached hydrogens (tertiary/aromatic N) is 3. The molecule has 0 atom stereocenters. The van der Waals surface area contributed by atoms with Crippen molar-refractivity contribution in [3.05, 3.63) is 58.3 Å². The second kappa shape index (κ2) is 5.46. The maximum Gasteiger partial charge on any atom is 0.207 e. The first-order chi connectivity index (χ1) is 9.72. The minimum atomic E-state index is 0.798. The maximum absolute atomic E-state index is 4.55. The Kier molecular flexibility index (Phi) is 3.52. The standard InChI is InChI=1S/C15H16N4S/c1-11-8-19(9-14-12(2)16-10-20-14)15(17-11)18-13-6-4-3-5-7-13/h3-8,10H,9H2,1-2H3,(H,17,18). The molecule has 0 saturated heterocycles. The first kappa shape index (κ1) is 12.9. The monoisotopic (exact) mass is 284 g/mol. The van der Waals surface area contributed by atoms with Gasteiger partial charge in [-0.3, -0.25) is 0 Å². The third-order valence-corrected chi connectivity index (χ3v) is 4.01. The Morgan fingerprint density at radius 1 is 1.20 bits per heavy atom. The van der Waals surface area contributed by atoms with E-state index in [9.17, 15) is 0 Å². The number of rotatable bonds is 4. The summed E-state index contributed by atoms with van der Waals surface area (Å²) in [5.41, 5.74) is 5.02. The van der Waals surface area contributed by atoms with Crippen molar-refractivity contribution < 1.29 is 0 Å². The number of benzene rings is 1. The summed E-state index contributed by atoms with van der Waals surface area (Å²) in [4.78, 5) is 10.1. The number of nitrogens with one attached hydrogen (secondary N) is 1. The van der Waals surface area contributed by atoms with Crippen molar-refractivity contribution in [3.63, 3.8) is 0 Å². The largest absolute Gasteiger partial charge is 0.326 e. The fraction of sp³-hybridized carbons (Fsp3) is 0.200. The Labute approximate surface area is 122 Å². The molecule has 0 unspecified atom stereocenters. The summed E-state index contributed by atoms with van der Waals surface area (Å²) in [7, 11) is 0. The molecule has 0 spiro atoms. The van der Waals surface area contributed by atoms with E-state index in [4.69, 9.17) is 0 Å². The van der Waals surface area contributed by atoms with Crippen LogP contribution in [0.3, 0.4) is 0 Å². The first-order valence-electron chi connectivity index (χ1n) is 6.47. The van der Waals surface area contributed by atoms with Gasteiger partial charge < -0.3 is 9.88 Å². The number of hydrogen-bond acceptors (Lipinski definition) is 4. The summed E-state index contributed by atoms with van der Waals surface area (Å²) < 4.78 is 2.13. The molecule has 0 aliphatic rings. The minimum absolute atomic E-state index is 0.798. The van der Waals surface area contributed by atoms with Gasteiger partial charge in [0.05, 0.1) is 23.4 Å². The molecule has 3 rings (SSSR count). The molecule has 2 aromatic heterocycles. The zero-order valence-electron chi connectivity index (χ0n) is 11.5. The molecule has 1 aromatic carbocycles. The van der Waals surface area contributed by atoms with Gasteiger partial charge >= 0.3 is 0 Å². The molecule has 2 heterocycles. The van der Waals surface area contributed by atoms with E-state index in [1.807, 2.05) is 49.7 Å². The number of aryl methyl sites for hydroxylation is 2. The van der Waals surface area contributed by atoms with Crippen LogP contribution < -0.4 is 5.32 Å². The Morgan fingerprint density at radius 2 is 2.00 bits per heavy atom. The molecule has 1 N–H and O–H groups in total. The van der Waals surface area contributed by atoms with Gasteiger partial charge in [-0.1, -0.05) is 18.2 Å². The molecule has 0 aliphatic heterocycles. The van der Waals surface area contributed by atoms with E-state index in [2.05, 4.69) is 26.0 Å². The van der Waals surface area contributed by atoms with Crippen molar-refractivity contribution in [1.82, 2.24) is 14.5 Å². The molecular formula is C15H16N4S. The van der Waals surface area contributed by atoms with Crippen LogP contribution in [-0.2, 0) is 6.54 Å². The smallest absolute Gasteiger partial charge is 0.207 e. The summed E-state index contributed by atoms with van der Waals surface area (Å²) in [5.74, 6) is 0.863. The lowest BCUT2D eigenvalue weighted by atomic mass is 10.3. The highest BCUT2D eigenvalue weighted by Crippen LogP contribution is 2.20. The van der Waals surface area contributed by atoms with Gasteiger partial charge in [-0.25, -0.2) is 9.97 Å². The highest BCUT2D eigenvalue weighted by atomic mass is 32.1. The first-order valence-corrected chi connectivity index (χ1v) is 7.35. The van der Waals surface area contributed by atoms with E-state index in [0.29, 0.717) is 0 Å². The quantitative estimate of drug-likeness (QED) is 0.793. The van der Waals surface area contributed by atoms with E-state index in [1.54, 1.807) is 11.3 Å². The summed E-state index contributed by atoms with van der Waals surface area (Å²) in [6, 6.07) is 10.1. The zero-order chi connectivity index (χ0) is 13.9. The molecule has 0 saturated carbocycles. The second-order valence-corrected chi connectivity index (χ2v) is 5.63. The average molecular weight is 284 g/mol. The lowest BCUT2D eigenvalue weighted by molar-refractivity contribution is 0.812. The molecule has 20 heavy (non-hydrogen) atoms. The lowest BCUT2D eigenvalue weighted by Crippen LogP contribution is -2.04. The molecule has 0 fully saturated rings. The van der Waals surface area contributed by atoms with Gasteiger partial charge in [0.25, 0.3) is 0 Å². The maximum atomic E-state index is 4.55. The van der Waals surface area contributed by atoms with Crippen LogP contribution in [-0.4, -0.2) is 14.5 Å². The summed E-state index contributed by atoms with van der Waals surface area (Å²) in [5, 5.41) is 3.36. The normalized spacial score (nSPS) is 10.7. The van der Waals surface area contributed by atoms with Crippen molar-refractivity contribution >= 4 is 23.0 Å². The second-order valence-electron chi connectivity index (χ2n) is 4.69. The van der Waals surface area contributed by atoms with Crippen molar-refractivity contribution in [2.45, 2.75) is 20.4 Å². The van der Waals surface area contributed by atoms with Gasteiger partial charge in [0.2, 0.25) is 5.95 Å². The molecule has 5 heteroatoms. The molecule has 0 bridgehead atoms. The number of thiazole rings is 1. The van der Waals surface area contributed by atoms with E-state index >= 15 is 0 Å². The zero-order valence-corrected chi connectivity index (χ0v) is 12.3. The SMILES string of the molecule is Cc1cn(Cc2scnc2C)c(Nc2ccccc2)n1. The third-order valence-electron chi connectivity index (χ3n) is 3.09. The molecule has 0 amide bonds. The van der Waals surface area contributed by atoms with E-state index < -0.39 is 0 Å². The molecule has 0 radical (unpaired) electrons. The topological polar surface area (TPSA) is 42.7 Å². The predicted octanol–water partition coefficient (Wildman–Crippen LogP) is 3.75. The van der Waals surface area contributed by atoms with E-state index in [-0.39, 0.29) is 0 Å². The lowest BCUT2D eigenvalue weighted by Gasteiger charge is -2.09. The minimum Gasteiger partial charge on any atom is -0.326 e. The van der Waals surface area contributed by atoms with Crippen LogP contribution in [0, 0.1) is 13.8 Å². The Hall–Kier alpha value is -2.14. The Morgan fingerprint density at radius 3 is 2.70 bits per heavy atom. The van der Waals surface area contributed by atoms with E-state index in [1.165, 1.54) is 4.88 Å². The van der Waals surface area contributed by atoms with Gasteiger partial charge in [-0.15, -0.1) is 11.3 Å². The number of para-hydroxylation sites is 1. The van der Waals surface area contributed by atoms with Crippen LogP contribution in [0.4, 0.5) is 11.6 Å². The van der Waals surface area contributed by atoms with Crippen LogP contribution >= 0.6 is 11.3 Å². The average Bonchev–Trinajstić information content (AvgIpc) is 2.98. The molecule has 4 nitrogen and oxygen atoms in total. The van der Waals surface area contributed by atoms with Crippen LogP contribution in [0.15, 0.2) is 42.0 Å². The van der Waals surface area contributed by atoms with Crippen molar-refractivity contribution in [2.75, 3.05) is 5.32 Å². The molecular weight excluding hydrogens is 268 g/mol. The number of aromatic nitrogens is 3. The van der Waals surface area contributed by atoms with Crippen LogP contribution in [0.1, 0.15) is 16.3 Å². The van der Waals surface area contributed by atoms with Gasteiger partial charge in [-0.2, -0.15) is 0 Å².